The van der Waals surface area contributed by atoms with Crippen LogP contribution in [-0.2, 0) is 13.2 Å². The van der Waals surface area contributed by atoms with Gasteiger partial charge in [-0.25, -0.2) is 0 Å². The third-order valence-corrected chi connectivity index (χ3v) is 3.22. The van der Waals surface area contributed by atoms with Crippen molar-refractivity contribution in [3.63, 3.8) is 0 Å². The van der Waals surface area contributed by atoms with Gasteiger partial charge >= 0.3 is 0 Å². The van der Waals surface area contributed by atoms with Crippen LogP contribution >= 0.6 is 23.2 Å². The van der Waals surface area contributed by atoms with Crippen LogP contribution in [0.2, 0.25) is 10.0 Å². The summed E-state index contributed by atoms with van der Waals surface area (Å²) in [6, 6.07) is 7.08. The van der Waals surface area contributed by atoms with Crippen molar-refractivity contribution in [3.05, 3.63) is 51.4 Å². The summed E-state index contributed by atoms with van der Waals surface area (Å²) < 4.78 is 11.3. The highest BCUT2D eigenvalue weighted by atomic mass is 35.5. The molecule has 0 aliphatic carbocycles. The molecular formula is C14H15Cl2NO2. The zero-order valence-corrected chi connectivity index (χ0v) is 12.3. The second kappa shape index (κ2) is 6.33. The van der Waals surface area contributed by atoms with Gasteiger partial charge in [-0.2, -0.15) is 0 Å². The minimum Gasteiger partial charge on any atom is -0.484 e. The first-order chi connectivity index (χ1) is 9.10. The van der Waals surface area contributed by atoms with Gasteiger partial charge in [-0.05, 0) is 37.7 Å². The van der Waals surface area contributed by atoms with Crippen LogP contribution in [-0.4, -0.2) is 7.05 Å². The van der Waals surface area contributed by atoms with Crippen LogP contribution in [0.5, 0.6) is 5.75 Å². The number of aryl methyl sites for hydroxylation is 1. The molecular weight excluding hydrogens is 285 g/mol. The number of rotatable bonds is 5. The second-order valence-corrected chi connectivity index (χ2v) is 5.06. The average Bonchev–Trinajstić information content (AvgIpc) is 2.72. The standard InChI is InChI=1S/C14H15Cl2NO2/c1-9-5-11(19-14(9)7-17-2)8-18-13-6-10(15)3-4-12(13)16/h3-6,17H,7-8H2,1-2H3. The molecule has 2 aromatic rings. The van der Waals surface area contributed by atoms with Crippen LogP contribution in [0.4, 0.5) is 0 Å². The van der Waals surface area contributed by atoms with E-state index < -0.39 is 0 Å². The fourth-order valence-electron chi connectivity index (χ4n) is 1.73. The minimum atomic E-state index is 0.324. The number of hydrogen-bond donors (Lipinski definition) is 1. The Hall–Kier alpha value is -1.16. The number of ether oxygens (including phenoxy) is 1. The molecule has 1 heterocycles. The van der Waals surface area contributed by atoms with Crippen molar-refractivity contribution in [2.75, 3.05) is 7.05 Å². The second-order valence-electron chi connectivity index (χ2n) is 4.21. The van der Waals surface area contributed by atoms with Crippen molar-refractivity contribution in [1.82, 2.24) is 5.32 Å². The smallest absolute Gasteiger partial charge is 0.146 e. The van der Waals surface area contributed by atoms with Crippen LogP contribution < -0.4 is 10.1 Å². The van der Waals surface area contributed by atoms with Gasteiger partial charge in [0, 0.05) is 11.1 Å². The van der Waals surface area contributed by atoms with Crippen LogP contribution in [0.1, 0.15) is 17.1 Å². The molecule has 19 heavy (non-hydrogen) atoms. The van der Waals surface area contributed by atoms with Crippen molar-refractivity contribution in [2.45, 2.75) is 20.1 Å². The Labute approximate surface area is 122 Å². The van der Waals surface area contributed by atoms with Gasteiger partial charge in [0.05, 0.1) is 11.6 Å². The Kier molecular flexibility index (Phi) is 4.75. The Bertz CT molecular complexity index is 567. The first kappa shape index (κ1) is 14.3. The predicted octanol–water partition coefficient (Wildman–Crippen LogP) is 4.19. The van der Waals surface area contributed by atoms with Gasteiger partial charge in [0.2, 0.25) is 0 Å². The lowest BCUT2D eigenvalue weighted by atomic mass is 10.2. The highest BCUT2D eigenvalue weighted by Gasteiger charge is 2.09. The van der Waals surface area contributed by atoms with Gasteiger partial charge in [0.25, 0.3) is 0 Å². The molecule has 1 aromatic heterocycles. The molecule has 0 fully saturated rings. The summed E-state index contributed by atoms with van der Waals surface area (Å²) in [6.07, 6.45) is 0. The SMILES string of the molecule is CNCc1oc(COc2cc(Cl)ccc2Cl)cc1C. The average molecular weight is 300 g/mol. The molecule has 5 heteroatoms. The molecule has 0 aliphatic heterocycles. The van der Waals surface area contributed by atoms with Crippen LogP contribution in [0, 0.1) is 6.92 Å². The van der Waals surface area contributed by atoms with Crippen LogP contribution in [0.25, 0.3) is 0 Å². The molecule has 0 spiro atoms. The fourth-order valence-corrected chi connectivity index (χ4v) is 2.07. The molecule has 0 bridgehead atoms. The molecule has 1 N–H and O–H groups in total. The molecule has 102 valence electrons. The molecule has 1 aromatic carbocycles. The molecule has 0 saturated carbocycles. The number of hydrogen-bond acceptors (Lipinski definition) is 3. The lowest BCUT2D eigenvalue weighted by Gasteiger charge is -2.06. The number of nitrogens with one attached hydrogen (secondary N) is 1. The van der Waals surface area contributed by atoms with E-state index in [4.69, 9.17) is 32.4 Å². The van der Waals surface area contributed by atoms with E-state index in [-0.39, 0.29) is 0 Å². The van der Waals surface area contributed by atoms with E-state index in [1.54, 1.807) is 18.2 Å². The summed E-state index contributed by atoms with van der Waals surface area (Å²) >= 11 is 11.9. The van der Waals surface area contributed by atoms with Crippen molar-refractivity contribution < 1.29 is 9.15 Å². The molecule has 0 radical (unpaired) electrons. The summed E-state index contributed by atoms with van der Waals surface area (Å²) in [5.74, 6) is 2.23. The highest BCUT2D eigenvalue weighted by Crippen LogP contribution is 2.28. The third kappa shape index (κ3) is 3.66. The Morgan fingerprint density at radius 2 is 2.05 bits per heavy atom. The van der Waals surface area contributed by atoms with E-state index >= 15 is 0 Å². The molecule has 3 nitrogen and oxygen atoms in total. The van der Waals surface area contributed by atoms with E-state index in [2.05, 4.69) is 5.32 Å². The fraction of sp³-hybridized carbons (Fsp3) is 0.286. The molecule has 0 unspecified atom stereocenters. The van der Waals surface area contributed by atoms with E-state index in [9.17, 15) is 0 Å². The summed E-state index contributed by atoms with van der Waals surface area (Å²) in [7, 11) is 1.88. The Morgan fingerprint density at radius 1 is 1.26 bits per heavy atom. The van der Waals surface area contributed by atoms with Crippen LogP contribution in [0.3, 0.4) is 0 Å². The van der Waals surface area contributed by atoms with E-state index in [1.165, 1.54) is 0 Å². The van der Waals surface area contributed by atoms with E-state index in [0.29, 0.717) is 28.9 Å². The predicted molar refractivity (Wildman–Crippen MR) is 77.0 cm³/mol. The van der Waals surface area contributed by atoms with Crippen molar-refractivity contribution in [3.8, 4) is 5.75 Å². The van der Waals surface area contributed by atoms with Gasteiger partial charge < -0.3 is 14.5 Å². The van der Waals surface area contributed by atoms with Crippen molar-refractivity contribution in [1.29, 1.82) is 0 Å². The largest absolute Gasteiger partial charge is 0.484 e. The maximum Gasteiger partial charge on any atom is 0.146 e. The minimum absolute atomic E-state index is 0.324. The highest BCUT2D eigenvalue weighted by molar-refractivity contribution is 6.34. The number of furan rings is 1. The Balaban J connectivity index is 2.06. The van der Waals surface area contributed by atoms with Crippen LogP contribution in [0.15, 0.2) is 28.7 Å². The molecule has 0 aliphatic rings. The summed E-state index contributed by atoms with van der Waals surface area (Å²) in [5.41, 5.74) is 1.10. The quantitative estimate of drug-likeness (QED) is 0.899. The van der Waals surface area contributed by atoms with Gasteiger partial charge in [0.1, 0.15) is 23.9 Å². The van der Waals surface area contributed by atoms with E-state index in [1.807, 2.05) is 20.0 Å². The molecule has 0 amide bonds. The maximum absolute atomic E-state index is 6.02. The summed E-state index contributed by atoms with van der Waals surface area (Å²) in [6.45, 7) is 3.03. The van der Waals surface area contributed by atoms with E-state index in [0.717, 1.165) is 17.1 Å². The first-order valence-corrected chi connectivity index (χ1v) is 6.66. The van der Waals surface area contributed by atoms with Gasteiger partial charge in [-0.1, -0.05) is 23.2 Å². The van der Waals surface area contributed by atoms with Gasteiger partial charge in [0.15, 0.2) is 0 Å². The molecule has 0 atom stereocenters. The number of benzene rings is 1. The molecule has 2 rings (SSSR count). The van der Waals surface area contributed by atoms with Gasteiger partial charge in [-0.3, -0.25) is 0 Å². The van der Waals surface area contributed by atoms with Gasteiger partial charge in [-0.15, -0.1) is 0 Å². The zero-order chi connectivity index (χ0) is 13.8. The normalized spacial score (nSPS) is 10.7. The zero-order valence-electron chi connectivity index (χ0n) is 10.8. The monoisotopic (exact) mass is 299 g/mol. The van der Waals surface area contributed by atoms with Crippen molar-refractivity contribution in [2.24, 2.45) is 0 Å². The van der Waals surface area contributed by atoms with Crippen molar-refractivity contribution >= 4 is 23.2 Å². The maximum atomic E-state index is 6.02. The first-order valence-electron chi connectivity index (χ1n) is 5.91. The topological polar surface area (TPSA) is 34.4 Å². The summed E-state index contributed by atoms with van der Waals surface area (Å²) in [4.78, 5) is 0. The molecule has 0 saturated heterocycles. The lowest BCUT2D eigenvalue weighted by Crippen LogP contribution is -2.04. The Morgan fingerprint density at radius 3 is 2.79 bits per heavy atom. The summed E-state index contributed by atoms with van der Waals surface area (Å²) in [5, 5.41) is 4.17. The number of halogens is 2. The lowest BCUT2D eigenvalue weighted by molar-refractivity contribution is 0.265. The third-order valence-electron chi connectivity index (χ3n) is 2.67.